The molecule has 1 saturated heterocycles. The molecule has 1 aromatic carbocycles. The number of hydrogen-bond donors (Lipinski definition) is 2. The van der Waals surface area contributed by atoms with Crippen LogP contribution in [0.5, 0.6) is 0 Å². The predicted octanol–water partition coefficient (Wildman–Crippen LogP) is 2.93. The van der Waals surface area contributed by atoms with Crippen LogP contribution >= 0.6 is 0 Å². The molecule has 1 amide bonds. The second kappa shape index (κ2) is 5.96. The number of piperidine rings is 1. The summed E-state index contributed by atoms with van der Waals surface area (Å²) < 4.78 is 0. The van der Waals surface area contributed by atoms with Gasteiger partial charge in [0.05, 0.1) is 0 Å². The lowest BCUT2D eigenvalue weighted by atomic mass is 9.80. The average Bonchev–Trinajstić information content (AvgIpc) is 2.41. The molecule has 1 atom stereocenters. The van der Waals surface area contributed by atoms with E-state index < -0.39 is 0 Å². The van der Waals surface area contributed by atoms with Gasteiger partial charge in [0.2, 0.25) is 0 Å². The van der Waals surface area contributed by atoms with Gasteiger partial charge >= 0.3 is 0 Å². The molecule has 0 aromatic heterocycles. The molecule has 1 aliphatic rings. The maximum Gasteiger partial charge on any atom is 0.251 e. The Morgan fingerprint density at radius 3 is 2.50 bits per heavy atom. The predicted molar refractivity (Wildman–Crippen MR) is 83.1 cm³/mol. The quantitative estimate of drug-likeness (QED) is 0.890. The summed E-state index contributed by atoms with van der Waals surface area (Å²) in [6.07, 6.45) is 0.989. The zero-order valence-electron chi connectivity index (χ0n) is 13.0. The summed E-state index contributed by atoms with van der Waals surface area (Å²) in [4.78, 5) is 12.4. The molecule has 1 heterocycles. The van der Waals surface area contributed by atoms with E-state index in [-0.39, 0.29) is 17.4 Å². The van der Waals surface area contributed by atoms with E-state index in [1.165, 1.54) is 5.56 Å². The van der Waals surface area contributed by atoms with Crippen LogP contribution in [0.4, 0.5) is 0 Å². The maximum atomic E-state index is 12.4. The Bertz CT molecular complexity index is 462. The van der Waals surface area contributed by atoms with Crippen molar-refractivity contribution < 1.29 is 4.79 Å². The first kappa shape index (κ1) is 15.0. The Morgan fingerprint density at radius 1 is 1.30 bits per heavy atom. The van der Waals surface area contributed by atoms with Crippen LogP contribution in [0.1, 0.15) is 56.0 Å². The first-order chi connectivity index (χ1) is 9.40. The lowest BCUT2D eigenvalue weighted by Gasteiger charge is -2.39. The van der Waals surface area contributed by atoms with Crippen LogP contribution in [0.15, 0.2) is 24.3 Å². The third-order valence-electron chi connectivity index (χ3n) is 4.28. The highest BCUT2D eigenvalue weighted by atomic mass is 16.1. The molecule has 1 fully saturated rings. The minimum absolute atomic E-state index is 0.0419. The number of benzene rings is 1. The van der Waals surface area contributed by atoms with Gasteiger partial charge in [-0.3, -0.25) is 4.79 Å². The van der Waals surface area contributed by atoms with E-state index in [0.29, 0.717) is 5.92 Å². The molecule has 2 rings (SSSR count). The normalized spacial score (nSPS) is 21.8. The lowest BCUT2D eigenvalue weighted by Crippen LogP contribution is -2.54. The van der Waals surface area contributed by atoms with Crippen molar-refractivity contribution in [1.29, 1.82) is 0 Å². The summed E-state index contributed by atoms with van der Waals surface area (Å²) in [6.45, 7) is 10.6. The minimum atomic E-state index is 0.0419. The largest absolute Gasteiger partial charge is 0.349 e. The molecule has 0 radical (unpaired) electrons. The highest BCUT2D eigenvalue weighted by Gasteiger charge is 2.33. The van der Waals surface area contributed by atoms with Gasteiger partial charge in [0, 0.05) is 18.2 Å². The van der Waals surface area contributed by atoms with Gasteiger partial charge in [0.25, 0.3) is 5.91 Å². The topological polar surface area (TPSA) is 41.1 Å². The van der Waals surface area contributed by atoms with Gasteiger partial charge in [0.15, 0.2) is 0 Å². The van der Waals surface area contributed by atoms with Gasteiger partial charge < -0.3 is 10.6 Å². The third kappa shape index (κ3) is 3.40. The molecule has 1 aromatic rings. The molecule has 0 spiro atoms. The first-order valence-electron chi connectivity index (χ1n) is 7.52. The first-order valence-corrected chi connectivity index (χ1v) is 7.52. The molecule has 110 valence electrons. The number of carbonyl (C=O) groups is 1. The zero-order chi connectivity index (χ0) is 14.8. The van der Waals surface area contributed by atoms with Crippen LogP contribution in [-0.4, -0.2) is 25.0 Å². The number of nitrogens with one attached hydrogen (secondary N) is 2. The summed E-state index contributed by atoms with van der Waals surface area (Å²) in [5, 5.41) is 6.58. The Hall–Kier alpha value is -1.35. The van der Waals surface area contributed by atoms with Gasteiger partial charge in [-0.1, -0.05) is 39.8 Å². The van der Waals surface area contributed by atoms with Crippen LogP contribution in [-0.2, 0) is 0 Å². The molecule has 1 unspecified atom stereocenters. The van der Waals surface area contributed by atoms with Crippen molar-refractivity contribution in [2.75, 3.05) is 13.1 Å². The van der Waals surface area contributed by atoms with E-state index in [0.717, 1.165) is 25.1 Å². The Morgan fingerprint density at radius 2 is 1.95 bits per heavy atom. The van der Waals surface area contributed by atoms with Gasteiger partial charge in [-0.15, -0.1) is 0 Å². The van der Waals surface area contributed by atoms with Crippen molar-refractivity contribution in [3.05, 3.63) is 35.4 Å². The fourth-order valence-corrected chi connectivity index (χ4v) is 2.70. The monoisotopic (exact) mass is 274 g/mol. The number of hydrogen-bond acceptors (Lipinski definition) is 2. The SMILES string of the molecule is CC(C)c1ccc(C(=O)NC2CCNCC2(C)C)cc1. The summed E-state index contributed by atoms with van der Waals surface area (Å²) in [5.74, 6) is 0.538. The van der Waals surface area contributed by atoms with E-state index >= 15 is 0 Å². The van der Waals surface area contributed by atoms with Crippen LogP contribution in [0.2, 0.25) is 0 Å². The van der Waals surface area contributed by atoms with Crippen molar-refractivity contribution in [2.45, 2.75) is 46.1 Å². The zero-order valence-corrected chi connectivity index (χ0v) is 13.0. The summed E-state index contributed by atoms with van der Waals surface area (Å²) in [5.41, 5.74) is 2.12. The summed E-state index contributed by atoms with van der Waals surface area (Å²) >= 11 is 0. The van der Waals surface area contributed by atoms with Crippen molar-refractivity contribution in [1.82, 2.24) is 10.6 Å². The van der Waals surface area contributed by atoms with Crippen LogP contribution < -0.4 is 10.6 Å². The van der Waals surface area contributed by atoms with Crippen molar-refractivity contribution >= 4 is 5.91 Å². The molecule has 0 bridgehead atoms. The highest BCUT2D eigenvalue weighted by Crippen LogP contribution is 2.25. The second-order valence-corrected chi connectivity index (χ2v) is 6.76. The molecule has 3 heteroatoms. The molecule has 20 heavy (non-hydrogen) atoms. The van der Waals surface area contributed by atoms with Crippen molar-refractivity contribution in [3.8, 4) is 0 Å². The standard InChI is InChI=1S/C17H26N2O/c1-12(2)13-5-7-14(8-6-13)16(20)19-15-9-10-18-11-17(15,3)4/h5-8,12,15,18H,9-11H2,1-4H3,(H,19,20). The van der Waals surface area contributed by atoms with E-state index in [2.05, 4.69) is 38.3 Å². The highest BCUT2D eigenvalue weighted by molar-refractivity contribution is 5.94. The fourth-order valence-electron chi connectivity index (χ4n) is 2.70. The molecular weight excluding hydrogens is 248 g/mol. The molecule has 0 saturated carbocycles. The lowest BCUT2D eigenvalue weighted by molar-refractivity contribution is 0.0868. The average molecular weight is 274 g/mol. The van der Waals surface area contributed by atoms with E-state index in [1.54, 1.807) is 0 Å². The summed E-state index contributed by atoms with van der Waals surface area (Å²) in [7, 11) is 0. The van der Waals surface area contributed by atoms with Gasteiger partial charge in [0.1, 0.15) is 0 Å². The van der Waals surface area contributed by atoms with Crippen molar-refractivity contribution in [3.63, 3.8) is 0 Å². The van der Waals surface area contributed by atoms with Gasteiger partial charge in [-0.25, -0.2) is 0 Å². The number of carbonyl (C=O) groups excluding carboxylic acids is 1. The summed E-state index contributed by atoms with van der Waals surface area (Å²) in [6, 6.07) is 8.19. The van der Waals surface area contributed by atoms with Gasteiger partial charge in [-0.2, -0.15) is 0 Å². The van der Waals surface area contributed by atoms with Crippen LogP contribution in [0.3, 0.4) is 0 Å². The molecule has 1 aliphatic heterocycles. The van der Waals surface area contributed by atoms with Gasteiger partial charge in [-0.05, 0) is 42.0 Å². The van der Waals surface area contributed by atoms with Crippen LogP contribution in [0, 0.1) is 5.41 Å². The van der Waals surface area contributed by atoms with Crippen molar-refractivity contribution in [2.24, 2.45) is 5.41 Å². The Balaban J connectivity index is 2.04. The molecular formula is C17H26N2O. The van der Waals surface area contributed by atoms with E-state index in [1.807, 2.05) is 24.3 Å². The van der Waals surface area contributed by atoms with E-state index in [9.17, 15) is 4.79 Å². The fraction of sp³-hybridized carbons (Fsp3) is 0.588. The number of rotatable bonds is 3. The maximum absolute atomic E-state index is 12.4. The van der Waals surface area contributed by atoms with Crippen LogP contribution in [0.25, 0.3) is 0 Å². The number of amides is 1. The smallest absolute Gasteiger partial charge is 0.251 e. The molecule has 3 nitrogen and oxygen atoms in total. The van der Waals surface area contributed by atoms with E-state index in [4.69, 9.17) is 0 Å². The Labute approximate surface area is 122 Å². The minimum Gasteiger partial charge on any atom is -0.349 e. The second-order valence-electron chi connectivity index (χ2n) is 6.76. The Kier molecular flexibility index (Phi) is 4.48. The molecule has 0 aliphatic carbocycles. The third-order valence-corrected chi connectivity index (χ3v) is 4.28. The molecule has 2 N–H and O–H groups in total.